The first-order valence-electron chi connectivity index (χ1n) is 6.40. The fraction of sp³-hybridized carbons (Fsp3) is 0.235. The number of rotatable bonds is 1. The van der Waals surface area contributed by atoms with E-state index in [2.05, 4.69) is 20.4 Å². The summed E-state index contributed by atoms with van der Waals surface area (Å²) in [6, 6.07) is 7.87. The summed E-state index contributed by atoms with van der Waals surface area (Å²) in [4.78, 5) is 12.3. The number of carbonyl (C=O) groups is 1. The van der Waals surface area contributed by atoms with Crippen LogP contribution in [0.4, 0.5) is 0 Å². The molecule has 0 fully saturated rings. The Bertz CT molecular complexity index is 714. The molecule has 3 rings (SSSR count). The van der Waals surface area contributed by atoms with Gasteiger partial charge < -0.3 is 4.42 Å². The molecule has 19 heavy (non-hydrogen) atoms. The van der Waals surface area contributed by atoms with Gasteiger partial charge in [-0.1, -0.05) is 50.8 Å². The Morgan fingerprint density at radius 1 is 1.26 bits per heavy atom. The molecule has 0 spiro atoms. The minimum Gasteiger partial charge on any atom is -0.463 e. The zero-order valence-corrected chi connectivity index (χ0v) is 11.2. The fourth-order valence-electron chi connectivity index (χ4n) is 2.70. The highest BCUT2D eigenvalue weighted by Crippen LogP contribution is 2.39. The molecule has 0 bridgehead atoms. The first-order chi connectivity index (χ1) is 8.98. The summed E-state index contributed by atoms with van der Waals surface area (Å²) in [5.41, 5.74) is 1.24. The van der Waals surface area contributed by atoms with E-state index in [0.29, 0.717) is 23.3 Å². The van der Waals surface area contributed by atoms with Crippen molar-refractivity contribution < 1.29 is 9.21 Å². The summed E-state index contributed by atoms with van der Waals surface area (Å²) in [6.07, 6.45) is 4.41. The van der Waals surface area contributed by atoms with Crippen molar-refractivity contribution in [3.63, 3.8) is 0 Å². The molecule has 0 saturated heterocycles. The van der Waals surface area contributed by atoms with Crippen LogP contribution in [0, 0.1) is 5.41 Å². The van der Waals surface area contributed by atoms with Crippen LogP contribution < -0.4 is 0 Å². The molecule has 1 heterocycles. The van der Waals surface area contributed by atoms with Gasteiger partial charge >= 0.3 is 0 Å². The Hall–Kier alpha value is -2.09. The summed E-state index contributed by atoms with van der Waals surface area (Å²) >= 11 is 0. The molecule has 96 valence electrons. The van der Waals surface area contributed by atoms with Gasteiger partial charge in [-0.05, 0) is 17.4 Å². The number of Topliss-reactive ketones (excluding diaryl/α,β-unsaturated/α-hetero) is 1. The second-order valence-corrected chi connectivity index (χ2v) is 5.81. The molecule has 0 N–H and O–H groups in total. The fourth-order valence-corrected chi connectivity index (χ4v) is 2.70. The summed E-state index contributed by atoms with van der Waals surface area (Å²) in [5.74, 6) is 0.661. The first kappa shape index (κ1) is 12.0. The van der Waals surface area contributed by atoms with Crippen molar-refractivity contribution in [2.45, 2.75) is 20.3 Å². The highest BCUT2D eigenvalue weighted by Gasteiger charge is 2.31. The van der Waals surface area contributed by atoms with Crippen LogP contribution >= 0.6 is 0 Å². The van der Waals surface area contributed by atoms with Gasteiger partial charge in [0.05, 0.1) is 11.8 Å². The molecule has 1 aliphatic carbocycles. The van der Waals surface area contributed by atoms with Crippen LogP contribution in [-0.4, -0.2) is 5.78 Å². The maximum atomic E-state index is 12.3. The number of hydrogen-bond donors (Lipinski definition) is 0. The van der Waals surface area contributed by atoms with Gasteiger partial charge in [0.15, 0.2) is 5.78 Å². The largest absolute Gasteiger partial charge is 0.463 e. The third kappa shape index (κ3) is 1.93. The Balaban J connectivity index is 2.23. The molecule has 1 aromatic carbocycles. The van der Waals surface area contributed by atoms with Crippen LogP contribution in [0.3, 0.4) is 0 Å². The molecule has 2 aromatic rings. The molecule has 0 radical (unpaired) electrons. The summed E-state index contributed by atoms with van der Waals surface area (Å²) in [5, 5.41) is 1.99. The van der Waals surface area contributed by atoms with Gasteiger partial charge in [0.25, 0.3) is 0 Å². The van der Waals surface area contributed by atoms with Crippen molar-refractivity contribution in [2.24, 2.45) is 5.41 Å². The second-order valence-electron chi connectivity index (χ2n) is 5.81. The van der Waals surface area contributed by atoms with Gasteiger partial charge in [0.2, 0.25) is 0 Å². The Labute approximate surface area is 112 Å². The number of ketones is 1. The molecule has 2 nitrogen and oxygen atoms in total. The normalized spacial score (nSPS) is 18.7. The maximum absolute atomic E-state index is 12.3. The lowest BCUT2D eigenvalue weighted by atomic mass is 9.76. The lowest BCUT2D eigenvalue weighted by Gasteiger charge is -2.27. The number of furan rings is 1. The lowest BCUT2D eigenvalue weighted by Crippen LogP contribution is -2.21. The lowest BCUT2D eigenvalue weighted by molar-refractivity contribution is -0.111. The zero-order valence-electron chi connectivity index (χ0n) is 11.2. The molecular weight excluding hydrogens is 236 g/mol. The molecule has 0 saturated carbocycles. The Kier molecular flexibility index (Phi) is 2.49. The van der Waals surface area contributed by atoms with E-state index >= 15 is 0 Å². The number of allylic oxidation sites excluding steroid dienone is 3. The average Bonchev–Trinajstić information content (AvgIpc) is 2.77. The first-order valence-corrected chi connectivity index (χ1v) is 6.40. The van der Waals surface area contributed by atoms with Crippen LogP contribution in [0.1, 0.15) is 26.0 Å². The van der Waals surface area contributed by atoms with Gasteiger partial charge in [0.1, 0.15) is 5.76 Å². The van der Waals surface area contributed by atoms with Crippen LogP contribution in [0.15, 0.2) is 53.2 Å². The molecular formula is C17H16O2. The van der Waals surface area contributed by atoms with Gasteiger partial charge in [-0.25, -0.2) is 0 Å². The highest BCUT2D eigenvalue weighted by atomic mass is 16.3. The minimum atomic E-state index is -0.0613. The number of benzene rings is 1. The van der Waals surface area contributed by atoms with Crippen LogP contribution in [0.5, 0.6) is 0 Å². The van der Waals surface area contributed by atoms with E-state index in [1.54, 1.807) is 6.26 Å². The number of carbonyl (C=O) groups excluding carboxylic acids is 1. The standard InChI is InChI=1S/C17H16O2/c1-11-8-17(2,3)9-14(15(11)18)16-13-7-5-4-6-12(13)10-19-16/h4-7,9-10H,1,8H2,2-3H3. The summed E-state index contributed by atoms with van der Waals surface area (Å²) in [7, 11) is 0. The van der Waals surface area contributed by atoms with E-state index in [0.717, 1.165) is 10.8 Å². The topological polar surface area (TPSA) is 30.2 Å². The molecule has 0 unspecified atom stereocenters. The van der Waals surface area contributed by atoms with Crippen molar-refractivity contribution in [3.05, 3.63) is 54.5 Å². The van der Waals surface area contributed by atoms with Crippen molar-refractivity contribution in [2.75, 3.05) is 0 Å². The van der Waals surface area contributed by atoms with Crippen molar-refractivity contribution >= 4 is 22.1 Å². The molecule has 0 aliphatic heterocycles. The predicted molar refractivity (Wildman–Crippen MR) is 76.7 cm³/mol. The predicted octanol–water partition coefficient (Wildman–Crippen LogP) is 4.37. The third-order valence-corrected chi connectivity index (χ3v) is 3.52. The smallest absolute Gasteiger partial charge is 0.191 e. The van der Waals surface area contributed by atoms with Gasteiger partial charge in [0, 0.05) is 10.8 Å². The van der Waals surface area contributed by atoms with E-state index in [1.165, 1.54) is 0 Å². The average molecular weight is 252 g/mol. The number of fused-ring (bicyclic) bond motifs is 1. The van der Waals surface area contributed by atoms with E-state index < -0.39 is 0 Å². The van der Waals surface area contributed by atoms with Crippen molar-refractivity contribution in [3.8, 4) is 0 Å². The Morgan fingerprint density at radius 2 is 2.00 bits per heavy atom. The monoisotopic (exact) mass is 252 g/mol. The second kappa shape index (κ2) is 3.95. The van der Waals surface area contributed by atoms with Gasteiger partial charge in [-0.2, -0.15) is 0 Å². The van der Waals surface area contributed by atoms with Crippen molar-refractivity contribution in [1.29, 1.82) is 0 Å². The SMILES string of the molecule is C=C1CC(C)(C)C=C(c2occ3ccccc23)C1=O. The highest BCUT2D eigenvalue weighted by molar-refractivity contribution is 6.30. The molecule has 2 heteroatoms. The quantitative estimate of drug-likeness (QED) is 0.705. The third-order valence-electron chi connectivity index (χ3n) is 3.52. The van der Waals surface area contributed by atoms with Gasteiger partial charge in [-0.15, -0.1) is 0 Å². The van der Waals surface area contributed by atoms with Crippen molar-refractivity contribution in [1.82, 2.24) is 0 Å². The van der Waals surface area contributed by atoms with E-state index in [-0.39, 0.29) is 11.2 Å². The van der Waals surface area contributed by atoms with Crippen LogP contribution in [0.25, 0.3) is 16.3 Å². The van der Waals surface area contributed by atoms with E-state index in [1.807, 2.05) is 30.3 Å². The van der Waals surface area contributed by atoms with E-state index in [9.17, 15) is 4.79 Å². The van der Waals surface area contributed by atoms with Crippen LogP contribution in [0.2, 0.25) is 0 Å². The van der Waals surface area contributed by atoms with Gasteiger partial charge in [-0.3, -0.25) is 4.79 Å². The zero-order chi connectivity index (χ0) is 13.6. The molecule has 0 amide bonds. The maximum Gasteiger partial charge on any atom is 0.191 e. The summed E-state index contributed by atoms with van der Waals surface area (Å²) in [6.45, 7) is 8.11. The Morgan fingerprint density at radius 3 is 2.79 bits per heavy atom. The number of hydrogen-bond acceptors (Lipinski definition) is 2. The molecule has 0 atom stereocenters. The minimum absolute atomic E-state index is 0.000530. The molecule has 1 aliphatic rings. The summed E-state index contributed by atoms with van der Waals surface area (Å²) < 4.78 is 5.64. The molecule has 1 aromatic heterocycles. The van der Waals surface area contributed by atoms with E-state index in [4.69, 9.17) is 4.42 Å². The van der Waals surface area contributed by atoms with Crippen LogP contribution in [-0.2, 0) is 4.79 Å².